The van der Waals surface area contributed by atoms with Crippen LogP contribution in [0.5, 0.6) is 0 Å². The van der Waals surface area contributed by atoms with E-state index in [1.165, 1.54) is 92.2 Å². The maximum absolute atomic E-state index is 2.47. The molecule has 214 valence electrons. The van der Waals surface area contributed by atoms with E-state index in [9.17, 15) is 0 Å². The minimum absolute atomic E-state index is 1.17. The van der Waals surface area contributed by atoms with Crippen molar-refractivity contribution in [1.82, 2.24) is 4.57 Å². The molecule has 8 aromatic carbocycles. The summed E-state index contributed by atoms with van der Waals surface area (Å²) in [6, 6.07) is 60.2. The van der Waals surface area contributed by atoms with E-state index < -0.39 is 0 Å². The minimum Gasteiger partial charge on any atom is -0.309 e. The van der Waals surface area contributed by atoms with Crippen molar-refractivity contribution in [3.8, 4) is 39.1 Å². The SMILES string of the molecule is c1ccc(-n2c3ccc4ccccc4c3c3cccc(-c4ccccc4-c4ccc5c6c(cccc46)-c4ccccc4S5)c32)cc1. The van der Waals surface area contributed by atoms with Crippen LogP contribution in [-0.4, -0.2) is 4.57 Å². The first-order valence-electron chi connectivity index (χ1n) is 15.8. The first kappa shape index (κ1) is 25.7. The number of hydrogen-bond acceptors (Lipinski definition) is 1. The summed E-state index contributed by atoms with van der Waals surface area (Å²) in [6.07, 6.45) is 0. The number of nitrogens with zero attached hydrogens (tertiary/aromatic N) is 1. The van der Waals surface area contributed by atoms with E-state index in [1.54, 1.807) is 0 Å². The van der Waals surface area contributed by atoms with Crippen LogP contribution in [0, 0.1) is 0 Å². The van der Waals surface area contributed by atoms with Crippen molar-refractivity contribution >= 4 is 55.1 Å². The third-order valence-electron chi connectivity index (χ3n) is 9.60. The molecule has 0 unspecified atom stereocenters. The largest absolute Gasteiger partial charge is 0.309 e. The Morgan fingerprint density at radius 1 is 0.348 bits per heavy atom. The summed E-state index contributed by atoms with van der Waals surface area (Å²) in [5.74, 6) is 0. The molecular formula is C44H27NS. The summed E-state index contributed by atoms with van der Waals surface area (Å²) < 4.78 is 2.47. The number of aromatic nitrogens is 1. The third kappa shape index (κ3) is 3.65. The highest BCUT2D eigenvalue weighted by Crippen LogP contribution is 2.51. The molecule has 2 heterocycles. The highest BCUT2D eigenvalue weighted by atomic mass is 32.2. The number of fused-ring (bicyclic) bond motifs is 7. The Morgan fingerprint density at radius 3 is 1.87 bits per heavy atom. The van der Waals surface area contributed by atoms with Gasteiger partial charge in [-0.25, -0.2) is 0 Å². The molecule has 0 radical (unpaired) electrons. The molecule has 0 atom stereocenters. The first-order valence-corrected chi connectivity index (χ1v) is 16.6. The lowest BCUT2D eigenvalue weighted by Gasteiger charge is -2.22. The molecule has 0 aliphatic carbocycles. The van der Waals surface area contributed by atoms with Crippen molar-refractivity contribution < 1.29 is 0 Å². The van der Waals surface area contributed by atoms with E-state index in [-0.39, 0.29) is 0 Å². The fraction of sp³-hybridized carbons (Fsp3) is 0. The second-order valence-electron chi connectivity index (χ2n) is 12.0. The lowest BCUT2D eigenvalue weighted by molar-refractivity contribution is 1.18. The zero-order chi connectivity index (χ0) is 30.2. The Labute approximate surface area is 271 Å². The average Bonchev–Trinajstić information content (AvgIpc) is 3.48. The molecule has 1 nitrogen and oxygen atoms in total. The van der Waals surface area contributed by atoms with Crippen LogP contribution in [0.15, 0.2) is 174 Å². The summed E-state index contributed by atoms with van der Waals surface area (Å²) in [4.78, 5) is 2.65. The maximum atomic E-state index is 2.47. The predicted octanol–water partition coefficient (Wildman–Crippen LogP) is 12.6. The molecule has 0 fully saturated rings. The van der Waals surface area contributed by atoms with Crippen LogP contribution in [0.1, 0.15) is 0 Å². The Balaban J connectivity index is 1.30. The van der Waals surface area contributed by atoms with Gasteiger partial charge in [0, 0.05) is 37.2 Å². The fourth-order valence-corrected chi connectivity index (χ4v) is 8.80. The summed E-state index contributed by atoms with van der Waals surface area (Å²) in [6.45, 7) is 0. The van der Waals surface area contributed by atoms with Gasteiger partial charge in [0.1, 0.15) is 0 Å². The standard InChI is InChI=1S/C44H27NS/c1-2-13-29(14-3-1)45-39-26-24-28-12-4-5-15-30(28)42(39)38-22-11-21-37(44(38)45)32-17-7-6-16-31(32)33-25-27-41-43-35(33)19-10-20-36(43)34-18-8-9-23-40(34)46-41/h1-27H. The molecule has 9 aromatic rings. The van der Waals surface area contributed by atoms with Crippen LogP contribution in [0.4, 0.5) is 0 Å². The molecule has 2 heteroatoms. The highest BCUT2D eigenvalue weighted by molar-refractivity contribution is 7.99. The van der Waals surface area contributed by atoms with E-state index in [1.807, 2.05) is 11.8 Å². The van der Waals surface area contributed by atoms with Gasteiger partial charge < -0.3 is 4.57 Å². The summed E-state index contributed by atoms with van der Waals surface area (Å²) in [7, 11) is 0. The van der Waals surface area contributed by atoms with Gasteiger partial charge in [-0.2, -0.15) is 0 Å². The lowest BCUT2D eigenvalue weighted by Crippen LogP contribution is -1.97. The smallest absolute Gasteiger partial charge is 0.0619 e. The van der Waals surface area contributed by atoms with Crippen LogP contribution in [0.3, 0.4) is 0 Å². The quantitative estimate of drug-likeness (QED) is 0.195. The zero-order valence-electron chi connectivity index (χ0n) is 24.9. The van der Waals surface area contributed by atoms with E-state index in [2.05, 4.69) is 168 Å². The van der Waals surface area contributed by atoms with Crippen LogP contribution in [-0.2, 0) is 0 Å². The summed E-state index contributed by atoms with van der Waals surface area (Å²) in [5, 5.41) is 7.76. The van der Waals surface area contributed by atoms with Crippen LogP contribution < -0.4 is 0 Å². The van der Waals surface area contributed by atoms with Crippen molar-refractivity contribution in [1.29, 1.82) is 0 Å². The van der Waals surface area contributed by atoms with Gasteiger partial charge in [-0.05, 0) is 74.3 Å². The molecule has 46 heavy (non-hydrogen) atoms. The second kappa shape index (κ2) is 9.97. The molecule has 1 aliphatic rings. The minimum atomic E-state index is 1.17. The number of benzene rings is 8. The zero-order valence-corrected chi connectivity index (χ0v) is 25.8. The molecule has 1 aromatic heterocycles. The van der Waals surface area contributed by atoms with Crippen LogP contribution in [0.25, 0.3) is 82.4 Å². The Hall–Kier alpha value is -5.57. The normalized spacial score (nSPS) is 12.3. The van der Waals surface area contributed by atoms with Crippen molar-refractivity contribution in [2.45, 2.75) is 9.79 Å². The summed E-state index contributed by atoms with van der Waals surface area (Å²) in [5.41, 5.74) is 11.2. The number of hydrogen-bond donors (Lipinski definition) is 0. The molecule has 0 amide bonds. The van der Waals surface area contributed by atoms with E-state index in [0.29, 0.717) is 0 Å². The van der Waals surface area contributed by atoms with Gasteiger partial charge in [-0.3, -0.25) is 0 Å². The molecular weight excluding hydrogens is 575 g/mol. The lowest BCUT2D eigenvalue weighted by atomic mass is 9.88. The third-order valence-corrected chi connectivity index (χ3v) is 10.7. The highest BCUT2D eigenvalue weighted by Gasteiger charge is 2.23. The Morgan fingerprint density at radius 2 is 1.00 bits per heavy atom. The fourth-order valence-electron chi connectivity index (χ4n) is 7.67. The first-order chi connectivity index (χ1) is 22.8. The van der Waals surface area contributed by atoms with Gasteiger partial charge in [0.25, 0.3) is 0 Å². The number of para-hydroxylation sites is 2. The van der Waals surface area contributed by atoms with Gasteiger partial charge in [0.2, 0.25) is 0 Å². The molecule has 0 saturated carbocycles. The van der Waals surface area contributed by atoms with E-state index >= 15 is 0 Å². The van der Waals surface area contributed by atoms with Crippen LogP contribution >= 0.6 is 11.8 Å². The van der Waals surface area contributed by atoms with Gasteiger partial charge in [-0.15, -0.1) is 0 Å². The Kier molecular flexibility index (Phi) is 5.58. The van der Waals surface area contributed by atoms with Crippen molar-refractivity contribution in [3.05, 3.63) is 164 Å². The van der Waals surface area contributed by atoms with Crippen molar-refractivity contribution in [2.75, 3.05) is 0 Å². The molecule has 10 rings (SSSR count). The predicted molar refractivity (Wildman–Crippen MR) is 196 cm³/mol. The average molecular weight is 602 g/mol. The molecule has 0 saturated heterocycles. The molecule has 0 spiro atoms. The van der Waals surface area contributed by atoms with E-state index in [4.69, 9.17) is 0 Å². The summed E-state index contributed by atoms with van der Waals surface area (Å²) >= 11 is 1.88. The van der Waals surface area contributed by atoms with Crippen molar-refractivity contribution in [3.63, 3.8) is 0 Å². The monoisotopic (exact) mass is 601 g/mol. The van der Waals surface area contributed by atoms with Gasteiger partial charge in [-0.1, -0.05) is 145 Å². The Bertz CT molecular complexity index is 2660. The van der Waals surface area contributed by atoms with Gasteiger partial charge >= 0.3 is 0 Å². The topological polar surface area (TPSA) is 4.93 Å². The van der Waals surface area contributed by atoms with E-state index in [0.717, 1.165) is 0 Å². The van der Waals surface area contributed by atoms with Gasteiger partial charge in [0.05, 0.1) is 11.0 Å². The molecule has 0 bridgehead atoms. The molecule has 1 aliphatic heterocycles. The number of rotatable bonds is 3. The maximum Gasteiger partial charge on any atom is 0.0619 e. The van der Waals surface area contributed by atoms with Crippen molar-refractivity contribution in [2.24, 2.45) is 0 Å². The van der Waals surface area contributed by atoms with Gasteiger partial charge in [0.15, 0.2) is 0 Å². The van der Waals surface area contributed by atoms with Crippen LogP contribution in [0.2, 0.25) is 0 Å². The second-order valence-corrected chi connectivity index (χ2v) is 13.1. The molecule has 0 N–H and O–H groups in total.